The van der Waals surface area contributed by atoms with Crippen molar-refractivity contribution in [1.29, 1.82) is 0 Å². The van der Waals surface area contributed by atoms with Gasteiger partial charge in [-0.2, -0.15) is 11.8 Å². The minimum atomic E-state index is -0.0607. The molecule has 19 heavy (non-hydrogen) atoms. The first-order valence-corrected chi connectivity index (χ1v) is 8.04. The van der Waals surface area contributed by atoms with Crippen LogP contribution in [0.15, 0.2) is 12.1 Å². The molecule has 1 aromatic rings. The van der Waals surface area contributed by atoms with Crippen LogP contribution in [0.25, 0.3) is 0 Å². The van der Waals surface area contributed by atoms with Crippen LogP contribution in [-0.4, -0.2) is 30.0 Å². The van der Waals surface area contributed by atoms with E-state index in [0.717, 1.165) is 23.6 Å². The number of rotatable bonds is 3. The molecule has 1 amide bonds. The van der Waals surface area contributed by atoms with Crippen molar-refractivity contribution in [2.45, 2.75) is 19.4 Å². The van der Waals surface area contributed by atoms with Crippen molar-refractivity contribution in [2.75, 3.05) is 23.4 Å². The molecular weight excluding hydrogens is 303 g/mol. The van der Waals surface area contributed by atoms with Crippen LogP contribution < -0.4 is 10.6 Å². The molecule has 0 spiro atoms. The molecular formula is C13H16Cl2N2OS. The molecule has 1 aromatic carbocycles. The van der Waals surface area contributed by atoms with Crippen molar-refractivity contribution in [3.63, 3.8) is 0 Å². The number of carbonyl (C=O) groups excluding carboxylic acids is 1. The molecule has 0 aliphatic carbocycles. The summed E-state index contributed by atoms with van der Waals surface area (Å²) in [7, 11) is 0. The summed E-state index contributed by atoms with van der Waals surface area (Å²) in [5, 5.41) is 7.12. The van der Waals surface area contributed by atoms with Crippen molar-refractivity contribution in [3.8, 4) is 0 Å². The number of benzene rings is 1. The molecule has 6 heteroatoms. The molecule has 104 valence electrons. The van der Waals surface area contributed by atoms with E-state index in [2.05, 4.69) is 10.6 Å². The maximum Gasteiger partial charge on any atom is 0.226 e. The Bertz CT molecular complexity index is 476. The number of hydrogen-bond acceptors (Lipinski definition) is 3. The molecule has 0 bridgehead atoms. The Balaban J connectivity index is 2.00. The predicted octanol–water partition coefficient (Wildman–Crippen LogP) is 3.34. The van der Waals surface area contributed by atoms with Gasteiger partial charge >= 0.3 is 0 Å². The summed E-state index contributed by atoms with van der Waals surface area (Å²) < 4.78 is 0. The van der Waals surface area contributed by atoms with Crippen molar-refractivity contribution in [2.24, 2.45) is 0 Å². The van der Waals surface area contributed by atoms with Gasteiger partial charge < -0.3 is 10.6 Å². The number of nitrogens with one attached hydrogen (secondary N) is 2. The van der Waals surface area contributed by atoms with Gasteiger partial charge in [0.2, 0.25) is 5.91 Å². The Morgan fingerprint density at radius 1 is 1.53 bits per heavy atom. The molecule has 2 N–H and O–H groups in total. The van der Waals surface area contributed by atoms with E-state index in [0.29, 0.717) is 22.2 Å². The van der Waals surface area contributed by atoms with Crippen LogP contribution in [0, 0.1) is 6.92 Å². The fourth-order valence-corrected chi connectivity index (χ4v) is 3.35. The van der Waals surface area contributed by atoms with Crippen LogP contribution >= 0.6 is 35.0 Å². The summed E-state index contributed by atoms with van der Waals surface area (Å²) in [4.78, 5) is 12.0. The number of amides is 1. The van der Waals surface area contributed by atoms with E-state index in [-0.39, 0.29) is 11.9 Å². The summed E-state index contributed by atoms with van der Waals surface area (Å²) in [6.45, 7) is 2.84. The second-order valence-electron chi connectivity index (χ2n) is 4.53. The Labute approximate surface area is 127 Å². The molecule has 0 radical (unpaired) electrons. The molecule has 1 heterocycles. The van der Waals surface area contributed by atoms with Gasteiger partial charge in [-0.05, 0) is 18.6 Å². The molecule has 1 unspecified atom stereocenters. The first-order valence-electron chi connectivity index (χ1n) is 6.13. The van der Waals surface area contributed by atoms with E-state index in [1.165, 1.54) is 0 Å². The second-order valence-corrected chi connectivity index (χ2v) is 6.47. The van der Waals surface area contributed by atoms with Gasteiger partial charge in [0, 0.05) is 30.5 Å². The maximum atomic E-state index is 12.0. The van der Waals surface area contributed by atoms with Crippen molar-refractivity contribution in [1.82, 2.24) is 5.32 Å². The van der Waals surface area contributed by atoms with Gasteiger partial charge in [-0.25, -0.2) is 0 Å². The summed E-state index contributed by atoms with van der Waals surface area (Å²) in [6, 6.07) is 3.80. The highest BCUT2D eigenvalue weighted by molar-refractivity contribution is 7.99. The van der Waals surface area contributed by atoms with Gasteiger partial charge in [0.15, 0.2) is 0 Å². The number of anilines is 1. The average molecular weight is 319 g/mol. The van der Waals surface area contributed by atoms with Crippen LogP contribution in [0.4, 0.5) is 5.69 Å². The lowest BCUT2D eigenvalue weighted by Crippen LogP contribution is -2.39. The standard InChI is InChI=1S/C13H16Cl2N2OS/c1-8-2-3-10(14)13(12(8)15)17-11(18)6-9-7-19-5-4-16-9/h2-3,9,16H,4-7H2,1H3,(H,17,18). The molecule has 1 aliphatic heterocycles. The zero-order valence-electron chi connectivity index (χ0n) is 10.6. The highest BCUT2D eigenvalue weighted by Crippen LogP contribution is 2.33. The maximum absolute atomic E-state index is 12.0. The van der Waals surface area contributed by atoms with Gasteiger partial charge in [0.25, 0.3) is 0 Å². The van der Waals surface area contributed by atoms with Crippen LogP contribution in [0.2, 0.25) is 10.0 Å². The molecule has 3 nitrogen and oxygen atoms in total. The topological polar surface area (TPSA) is 41.1 Å². The minimum Gasteiger partial charge on any atom is -0.323 e. The van der Waals surface area contributed by atoms with Crippen LogP contribution in [0.1, 0.15) is 12.0 Å². The van der Waals surface area contributed by atoms with Gasteiger partial charge in [0.1, 0.15) is 0 Å². The number of thioether (sulfide) groups is 1. The number of aryl methyl sites for hydroxylation is 1. The predicted molar refractivity (Wildman–Crippen MR) is 83.6 cm³/mol. The fourth-order valence-electron chi connectivity index (χ4n) is 1.94. The summed E-state index contributed by atoms with van der Waals surface area (Å²) in [6.07, 6.45) is 0.438. The first kappa shape index (κ1) is 15.0. The zero-order chi connectivity index (χ0) is 13.8. The Morgan fingerprint density at radius 3 is 3.00 bits per heavy atom. The first-order chi connectivity index (χ1) is 9.08. The van der Waals surface area contributed by atoms with E-state index in [1.807, 2.05) is 24.8 Å². The normalized spacial score (nSPS) is 19.2. The van der Waals surface area contributed by atoms with E-state index in [1.54, 1.807) is 6.07 Å². The summed E-state index contributed by atoms with van der Waals surface area (Å²) in [5.74, 6) is 2.01. The molecule has 2 rings (SSSR count). The third-order valence-electron chi connectivity index (χ3n) is 2.98. The Hall–Kier alpha value is -0.420. The largest absolute Gasteiger partial charge is 0.323 e. The lowest BCUT2D eigenvalue weighted by atomic mass is 10.2. The highest BCUT2D eigenvalue weighted by atomic mass is 35.5. The second kappa shape index (κ2) is 6.84. The molecule has 0 aromatic heterocycles. The minimum absolute atomic E-state index is 0.0607. The molecule has 1 atom stereocenters. The Morgan fingerprint density at radius 2 is 2.32 bits per heavy atom. The van der Waals surface area contributed by atoms with Crippen LogP contribution in [0.5, 0.6) is 0 Å². The van der Waals surface area contributed by atoms with E-state index in [9.17, 15) is 4.79 Å². The Kier molecular flexibility index (Phi) is 5.39. The van der Waals surface area contributed by atoms with Crippen molar-refractivity contribution < 1.29 is 4.79 Å². The van der Waals surface area contributed by atoms with E-state index < -0.39 is 0 Å². The fraction of sp³-hybridized carbons (Fsp3) is 0.462. The average Bonchev–Trinajstić information content (AvgIpc) is 2.40. The summed E-state index contributed by atoms with van der Waals surface area (Å²) in [5.41, 5.74) is 1.41. The monoisotopic (exact) mass is 318 g/mol. The number of carbonyl (C=O) groups is 1. The number of hydrogen-bond donors (Lipinski definition) is 2. The smallest absolute Gasteiger partial charge is 0.226 e. The lowest BCUT2D eigenvalue weighted by Gasteiger charge is -2.22. The summed E-state index contributed by atoms with van der Waals surface area (Å²) >= 11 is 14.1. The quantitative estimate of drug-likeness (QED) is 0.898. The highest BCUT2D eigenvalue weighted by Gasteiger charge is 2.18. The molecule has 1 saturated heterocycles. The molecule has 1 aliphatic rings. The van der Waals surface area contributed by atoms with Gasteiger partial charge in [-0.15, -0.1) is 0 Å². The van der Waals surface area contributed by atoms with Crippen LogP contribution in [-0.2, 0) is 4.79 Å². The van der Waals surface area contributed by atoms with Crippen molar-refractivity contribution in [3.05, 3.63) is 27.7 Å². The van der Waals surface area contributed by atoms with Gasteiger partial charge in [0.05, 0.1) is 15.7 Å². The van der Waals surface area contributed by atoms with E-state index in [4.69, 9.17) is 23.2 Å². The van der Waals surface area contributed by atoms with Gasteiger partial charge in [-0.3, -0.25) is 4.79 Å². The van der Waals surface area contributed by atoms with Crippen molar-refractivity contribution >= 4 is 46.6 Å². The zero-order valence-corrected chi connectivity index (χ0v) is 13.0. The van der Waals surface area contributed by atoms with Gasteiger partial charge in [-0.1, -0.05) is 29.3 Å². The number of halogens is 2. The molecule has 1 fully saturated rings. The third kappa shape index (κ3) is 4.02. The lowest BCUT2D eigenvalue weighted by molar-refractivity contribution is -0.116. The SMILES string of the molecule is Cc1ccc(Cl)c(NC(=O)CC2CSCCN2)c1Cl. The third-order valence-corrected chi connectivity index (χ3v) is 4.91. The molecule has 0 saturated carbocycles. The van der Waals surface area contributed by atoms with Crippen LogP contribution in [0.3, 0.4) is 0 Å². The van der Waals surface area contributed by atoms with E-state index >= 15 is 0 Å².